The number of ether oxygens (including phenoxy) is 1. The van der Waals surface area contributed by atoms with Crippen molar-refractivity contribution in [2.75, 3.05) is 7.11 Å². The molecule has 1 aromatic carbocycles. The molecule has 0 amide bonds. The van der Waals surface area contributed by atoms with Crippen LogP contribution >= 0.6 is 0 Å². The maximum atomic E-state index is 11.0. The molecular weight excluding hydrogens is 192 g/mol. The van der Waals surface area contributed by atoms with Crippen LogP contribution < -0.4 is 10.3 Å². The fourth-order valence-electron chi connectivity index (χ4n) is 1.34. The first-order chi connectivity index (χ1) is 7.31. The van der Waals surface area contributed by atoms with Crippen molar-refractivity contribution in [2.45, 2.75) is 0 Å². The van der Waals surface area contributed by atoms with Crippen LogP contribution in [-0.2, 0) is 0 Å². The van der Waals surface area contributed by atoms with Crippen molar-refractivity contribution in [1.29, 1.82) is 0 Å². The summed E-state index contributed by atoms with van der Waals surface area (Å²) in [5, 5.41) is 6.34. The summed E-state index contributed by atoms with van der Waals surface area (Å²) in [7, 11) is 1.52. The van der Waals surface area contributed by atoms with Crippen LogP contribution in [0, 0.1) is 0 Å². The quantitative estimate of drug-likeness (QED) is 0.801. The normalized spacial score (nSPS) is 9.93. The number of nitrogens with zero attached hydrogens (tertiary/aromatic N) is 1. The SMILES string of the molecule is COc1cc(=O)[nH]nc1-c1ccccc1. The first-order valence-electron chi connectivity index (χ1n) is 4.50. The van der Waals surface area contributed by atoms with Gasteiger partial charge in [-0.3, -0.25) is 4.79 Å². The Kier molecular flexibility index (Phi) is 2.49. The van der Waals surface area contributed by atoms with Gasteiger partial charge in [0.05, 0.1) is 7.11 Å². The smallest absolute Gasteiger partial charge is 0.267 e. The number of aromatic nitrogens is 2. The van der Waals surface area contributed by atoms with Crippen LogP contribution in [0.25, 0.3) is 11.3 Å². The highest BCUT2D eigenvalue weighted by molar-refractivity contribution is 5.65. The van der Waals surface area contributed by atoms with Crippen LogP contribution in [0.5, 0.6) is 5.75 Å². The van der Waals surface area contributed by atoms with E-state index in [1.165, 1.54) is 13.2 Å². The van der Waals surface area contributed by atoms with Gasteiger partial charge < -0.3 is 4.74 Å². The standard InChI is InChI=1S/C11H10N2O2/c1-15-9-7-10(14)12-13-11(9)8-5-3-2-4-6-8/h2-7H,1H3,(H,12,14). The van der Waals surface area contributed by atoms with Gasteiger partial charge >= 0.3 is 0 Å². The fourth-order valence-corrected chi connectivity index (χ4v) is 1.34. The average molecular weight is 202 g/mol. The van der Waals surface area contributed by atoms with E-state index in [1.54, 1.807) is 0 Å². The van der Waals surface area contributed by atoms with Crippen molar-refractivity contribution in [1.82, 2.24) is 10.2 Å². The second-order valence-corrected chi connectivity index (χ2v) is 3.02. The predicted molar refractivity (Wildman–Crippen MR) is 56.8 cm³/mol. The molecule has 4 heteroatoms. The molecule has 0 saturated carbocycles. The monoisotopic (exact) mass is 202 g/mol. The van der Waals surface area contributed by atoms with Crippen LogP contribution in [0.4, 0.5) is 0 Å². The molecule has 4 nitrogen and oxygen atoms in total. The van der Waals surface area contributed by atoms with Gasteiger partial charge in [-0.05, 0) is 0 Å². The molecule has 0 bridgehead atoms. The van der Waals surface area contributed by atoms with Gasteiger partial charge in [0.1, 0.15) is 5.69 Å². The zero-order chi connectivity index (χ0) is 10.7. The summed E-state index contributed by atoms with van der Waals surface area (Å²) < 4.78 is 5.10. The van der Waals surface area contributed by atoms with Crippen molar-refractivity contribution < 1.29 is 4.74 Å². The molecule has 2 aromatic rings. The molecule has 15 heavy (non-hydrogen) atoms. The first kappa shape index (κ1) is 9.45. The minimum atomic E-state index is -0.272. The molecular formula is C11H10N2O2. The minimum Gasteiger partial charge on any atom is -0.494 e. The molecule has 0 fully saturated rings. The summed E-state index contributed by atoms with van der Waals surface area (Å²) in [6, 6.07) is 10.9. The van der Waals surface area contributed by atoms with Gasteiger partial charge in [-0.15, -0.1) is 0 Å². The molecule has 0 aliphatic heterocycles. The van der Waals surface area contributed by atoms with Gasteiger partial charge in [0.2, 0.25) is 0 Å². The molecule has 2 rings (SSSR count). The highest BCUT2D eigenvalue weighted by Crippen LogP contribution is 2.24. The van der Waals surface area contributed by atoms with E-state index in [2.05, 4.69) is 10.2 Å². The van der Waals surface area contributed by atoms with E-state index in [-0.39, 0.29) is 5.56 Å². The number of nitrogens with one attached hydrogen (secondary N) is 1. The Balaban J connectivity index is 2.58. The average Bonchev–Trinajstić information content (AvgIpc) is 2.30. The number of rotatable bonds is 2. The Morgan fingerprint density at radius 1 is 1.27 bits per heavy atom. The number of benzene rings is 1. The van der Waals surface area contributed by atoms with Crippen LogP contribution in [-0.4, -0.2) is 17.3 Å². The van der Waals surface area contributed by atoms with Crippen LogP contribution in [0.15, 0.2) is 41.2 Å². The van der Waals surface area contributed by atoms with Crippen LogP contribution in [0.1, 0.15) is 0 Å². The highest BCUT2D eigenvalue weighted by atomic mass is 16.5. The largest absolute Gasteiger partial charge is 0.494 e. The number of hydrogen-bond acceptors (Lipinski definition) is 3. The van der Waals surface area contributed by atoms with E-state index in [4.69, 9.17) is 4.74 Å². The summed E-state index contributed by atoms with van der Waals surface area (Å²) in [6.45, 7) is 0. The third-order valence-corrected chi connectivity index (χ3v) is 2.04. The number of H-pyrrole nitrogens is 1. The van der Waals surface area contributed by atoms with Crippen molar-refractivity contribution in [3.63, 3.8) is 0 Å². The van der Waals surface area contributed by atoms with E-state index < -0.39 is 0 Å². The van der Waals surface area contributed by atoms with E-state index in [0.717, 1.165) is 5.56 Å². The van der Waals surface area contributed by atoms with Gasteiger partial charge in [-0.1, -0.05) is 30.3 Å². The summed E-state index contributed by atoms with van der Waals surface area (Å²) in [4.78, 5) is 11.0. The Morgan fingerprint density at radius 2 is 2.00 bits per heavy atom. The molecule has 0 atom stereocenters. The van der Waals surface area contributed by atoms with Crippen molar-refractivity contribution in [2.24, 2.45) is 0 Å². The van der Waals surface area contributed by atoms with Crippen molar-refractivity contribution >= 4 is 0 Å². The molecule has 0 spiro atoms. The molecule has 0 radical (unpaired) electrons. The lowest BCUT2D eigenvalue weighted by molar-refractivity contribution is 0.413. The summed E-state index contributed by atoms with van der Waals surface area (Å²) in [5.41, 5.74) is 1.27. The molecule has 1 aromatic heterocycles. The van der Waals surface area contributed by atoms with E-state index in [9.17, 15) is 4.79 Å². The van der Waals surface area contributed by atoms with Gasteiger partial charge in [-0.25, -0.2) is 5.10 Å². The lowest BCUT2D eigenvalue weighted by atomic mass is 10.1. The Bertz CT molecular complexity index is 505. The Morgan fingerprint density at radius 3 is 2.67 bits per heavy atom. The van der Waals surface area contributed by atoms with E-state index in [0.29, 0.717) is 11.4 Å². The molecule has 1 N–H and O–H groups in total. The molecule has 0 aliphatic carbocycles. The first-order valence-corrected chi connectivity index (χ1v) is 4.50. The Labute approximate surface area is 86.5 Å². The van der Waals surface area contributed by atoms with Gasteiger partial charge in [0, 0.05) is 11.6 Å². The van der Waals surface area contributed by atoms with Gasteiger partial charge in [0.15, 0.2) is 5.75 Å². The highest BCUT2D eigenvalue weighted by Gasteiger charge is 2.07. The molecule has 0 aliphatic rings. The zero-order valence-corrected chi connectivity index (χ0v) is 8.23. The summed E-state index contributed by atoms with van der Waals surface area (Å²) in [6.07, 6.45) is 0. The van der Waals surface area contributed by atoms with Gasteiger partial charge in [-0.2, -0.15) is 5.10 Å². The fraction of sp³-hybridized carbons (Fsp3) is 0.0909. The van der Waals surface area contributed by atoms with E-state index >= 15 is 0 Å². The van der Waals surface area contributed by atoms with Crippen molar-refractivity contribution in [3.8, 4) is 17.0 Å². The topological polar surface area (TPSA) is 55.0 Å². The number of hydrogen-bond donors (Lipinski definition) is 1. The second kappa shape index (κ2) is 3.96. The maximum absolute atomic E-state index is 11.0. The third-order valence-electron chi connectivity index (χ3n) is 2.04. The molecule has 0 unspecified atom stereocenters. The molecule has 1 heterocycles. The lowest BCUT2D eigenvalue weighted by Crippen LogP contribution is -2.08. The zero-order valence-electron chi connectivity index (χ0n) is 8.23. The summed E-state index contributed by atoms with van der Waals surface area (Å²) in [5.74, 6) is 0.477. The van der Waals surface area contributed by atoms with E-state index in [1.807, 2.05) is 30.3 Å². The summed E-state index contributed by atoms with van der Waals surface area (Å²) >= 11 is 0. The molecule has 0 saturated heterocycles. The van der Waals surface area contributed by atoms with Crippen molar-refractivity contribution in [3.05, 3.63) is 46.8 Å². The van der Waals surface area contributed by atoms with Crippen LogP contribution in [0.2, 0.25) is 0 Å². The number of aromatic amines is 1. The van der Waals surface area contributed by atoms with Gasteiger partial charge in [0.25, 0.3) is 5.56 Å². The molecule has 76 valence electrons. The second-order valence-electron chi connectivity index (χ2n) is 3.02. The Hall–Kier alpha value is -2.10. The lowest BCUT2D eigenvalue weighted by Gasteiger charge is -2.05. The van der Waals surface area contributed by atoms with Crippen LogP contribution in [0.3, 0.4) is 0 Å². The third kappa shape index (κ3) is 1.88. The number of methoxy groups -OCH3 is 1. The predicted octanol–water partition coefficient (Wildman–Crippen LogP) is 1.45. The maximum Gasteiger partial charge on any atom is 0.267 e. The minimum absolute atomic E-state index is 0.272.